The Bertz CT molecular complexity index is 126. The first kappa shape index (κ1) is 11.9. The third-order valence-corrected chi connectivity index (χ3v) is 1.70. The molecule has 1 atom stereocenters. The molecule has 0 aliphatic carbocycles. The van der Waals surface area contributed by atoms with Crippen molar-refractivity contribution in [1.29, 1.82) is 0 Å². The van der Waals surface area contributed by atoms with Crippen molar-refractivity contribution in [3.63, 3.8) is 0 Å². The molecule has 1 fully saturated rings. The SMILES string of the molecule is CC(C)COCOCCOCC1CO1. The van der Waals surface area contributed by atoms with Gasteiger partial charge in [-0.3, -0.25) is 0 Å². The van der Waals surface area contributed by atoms with E-state index in [1.54, 1.807) is 0 Å². The summed E-state index contributed by atoms with van der Waals surface area (Å²) < 4.78 is 20.7. The summed E-state index contributed by atoms with van der Waals surface area (Å²) in [6.45, 7) is 8.07. The molecule has 0 aromatic carbocycles. The van der Waals surface area contributed by atoms with Crippen molar-refractivity contribution in [1.82, 2.24) is 0 Å². The van der Waals surface area contributed by atoms with Crippen LogP contribution in [0, 0.1) is 5.92 Å². The van der Waals surface area contributed by atoms with Gasteiger partial charge in [-0.05, 0) is 5.92 Å². The minimum Gasteiger partial charge on any atom is -0.376 e. The van der Waals surface area contributed by atoms with E-state index in [0.717, 1.165) is 13.2 Å². The Morgan fingerprint density at radius 2 is 1.93 bits per heavy atom. The van der Waals surface area contributed by atoms with Gasteiger partial charge < -0.3 is 18.9 Å². The lowest BCUT2D eigenvalue weighted by Gasteiger charge is -2.07. The average molecular weight is 204 g/mol. The molecule has 1 rings (SSSR count). The van der Waals surface area contributed by atoms with Crippen LogP contribution in [-0.2, 0) is 18.9 Å². The first-order chi connectivity index (χ1) is 6.79. The number of ether oxygens (including phenoxy) is 4. The molecule has 0 amide bonds. The van der Waals surface area contributed by atoms with Gasteiger partial charge in [-0.25, -0.2) is 0 Å². The Hall–Kier alpha value is -0.160. The van der Waals surface area contributed by atoms with E-state index in [0.29, 0.717) is 38.6 Å². The maximum atomic E-state index is 5.28. The van der Waals surface area contributed by atoms with Gasteiger partial charge in [0.25, 0.3) is 0 Å². The van der Waals surface area contributed by atoms with E-state index < -0.39 is 0 Å². The van der Waals surface area contributed by atoms with Gasteiger partial charge in [-0.1, -0.05) is 13.8 Å². The Morgan fingerprint density at radius 3 is 2.57 bits per heavy atom. The smallest absolute Gasteiger partial charge is 0.146 e. The van der Waals surface area contributed by atoms with Crippen LogP contribution in [0.15, 0.2) is 0 Å². The Labute approximate surface area is 85.5 Å². The maximum Gasteiger partial charge on any atom is 0.146 e. The Balaban J connectivity index is 1.66. The van der Waals surface area contributed by atoms with Crippen molar-refractivity contribution in [3.05, 3.63) is 0 Å². The predicted molar refractivity (Wildman–Crippen MR) is 52.2 cm³/mol. The van der Waals surface area contributed by atoms with Crippen LogP contribution in [0.4, 0.5) is 0 Å². The lowest BCUT2D eigenvalue weighted by Crippen LogP contribution is -2.11. The summed E-state index contributed by atoms with van der Waals surface area (Å²) in [4.78, 5) is 0. The van der Waals surface area contributed by atoms with E-state index in [4.69, 9.17) is 18.9 Å². The molecule has 1 unspecified atom stereocenters. The molecule has 0 N–H and O–H groups in total. The molecule has 4 nitrogen and oxygen atoms in total. The third kappa shape index (κ3) is 7.26. The van der Waals surface area contributed by atoms with Gasteiger partial charge in [0, 0.05) is 0 Å². The van der Waals surface area contributed by atoms with Crippen LogP contribution in [0.3, 0.4) is 0 Å². The predicted octanol–water partition coefficient (Wildman–Crippen LogP) is 1.05. The largest absolute Gasteiger partial charge is 0.376 e. The van der Waals surface area contributed by atoms with Crippen LogP contribution in [0.5, 0.6) is 0 Å². The van der Waals surface area contributed by atoms with Crippen molar-refractivity contribution >= 4 is 0 Å². The fourth-order valence-corrected chi connectivity index (χ4v) is 0.899. The van der Waals surface area contributed by atoms with Gasteiger partial charge in [-0.15, -0.1) is 0 Å². The lowest BCUT2D eigenvalue weighted by atomic mass is 10.2. The summed E-state index contributed by atoms with van der Waals surface area (Å²) in [5.41, 5.74) is 0. The number of epoxide rings is 1. The van der Waals surface area contributed by atoms with Gasteiger partial charge in [0.15, 0.2) is 0 Å². The zero-order chi connectivity index (χ0) is 10.2. The zero-order valence-electron chi connectivity index (χ0n) is 9.03. The number of hydrogen-bond donors (Lipinski definition) is 0. The lowest BCUT2D eigenvalue weighted by molar-refractivity contribution is -0.0761. The van der Waals surface area contributed by atoms with Crippen LogP contribution in [-0.4, -0.2) is 45.9 Å². The summed E-state index contributed by atoms with van der Waals surface area (Å²) in [6.07, 6.45) is 0.340. The second-order valence-corrected chi connectivity index (χ2v) is 3.82. The van der Waals surface area contributed by atoms with Crippen molar-refractivity contribution in [3.8, 4) is 0 Å². The van der Waals surface area contributed by atoms with E-state index in [2.05, 4.69) is 13.8 Å². The highest BCUT2D eigenvalue weighted by Gasteiger charge is 2.21. The van der Waals surface area contributed by atoms with Crippen molar-refractivity contribution in [2.45, 2.75) is 20.0 Å². The minimum atomic E-state index is 0.340. The first-order valence-corrected chi connectivity index (χ1v) is 5.14. The van der Waals surface area contributed by atoms with Crippen LogP contribution < -0.4 is 0 Å². The molecular weight excluding hydrogens is 184 g/mol. The van der Waals surface area contributed by atoms with Crippen LogP contribution in [0.25, 0.3) is 0 Å². The molecule has 84 valence electrons. The average Bonchev–Trinajstić information content (AvgIpc) is 2.92. The molecular formula is C10H20O4. The number of rotatable bonds is 9. The van der Waals surface area contributed by atoms with Crippen LogP contribution >= 0.6 is 0 Å². The molecule has 0 saturated carbocycles. The van der Waals surface area contributed by atoms with Crippen LogP contribution in [0.1, 0.15) is 13.8 Å². The number of hydrogen-bond acceptors (Lipinski definition) is 4. The van der Waals surface area contributed by atoms with E-state index in [-0.39, 0.29) is 0 Å². The molecule has 1 aliphatic heterocycles. The molecule has 0 radical (unpaired) electrons. The fourth-order valence-electron chi connectivity index (χ4n) is 0.899. The molecule has 0 bridgehead atoms. The van der Waals surface area contributed by atoms with Crippen molar-refractivity contribution < 1.29 is 18.9 Å². The van der Waals surface area contributed by atoms with E-state index in [9.17, 15) is 0 Å². The van der Waals surface area contributed by atoms with Crippen molar-refractivity contribution in [2.24, 2.45) is 5.92 Å². The molecule has 14 heavy (non-hydrogen) atoms. The van der Waals surface area contributed by atoms with Gasteiger partial charge in [-0.2, -0.15) is 0 Å². The van der Waals surface area contributed by atoms with Crippen LogP contribution in [0.2, 0.25) is 0 Å². The molecule has 0 aromatic rings. The van der Waals surface area contributed by atoms with Gasteiger partial charge in [0.1, 0.15) is 12.9 Å². The van der Waals surface area contributed by atoms with Crippen molar-refractivity contribution in [2.75, 3.05) is 39.8 Å². The van der Waals surface area contributed by atoms with Gasteiger partial charge in [0.2, 0.25) is 0 Å². The molecule has 0 spiro atoms. The van der Waals surface area contributed by atoms with E-state index >= 15 is 0 Å². The highest BCUT2D eigenvalue weighted by atomic mass is 16.7. The third-order valence-electron chi connectivity index (χ3n) is 1.70. The topological polar surface area (TPSA) is 40.2 Å². The zero-order valence-corrected chi connectivity index (χ0v) is 9.03. The second kappa shape index (κ2) is 7.17. The molecule has 1 aliphatic rings. The molecule has 1 saturated heterocycles. The summed E-state index contributed by atoms with van der Waals surface area (Å²) >= 11 is 0. The quantitative estimate of drug-likeness (QED) is 0.320. The second-order valence-electron chi connectivity index (χ2n) is 3.82. The first-order valence-electron chi connectivity index (χ1n) is 5.14. The highest BCUT2D eigenvalue weighted by Crippen LogP contribution is 2.07. The monoisotopic (exact) mass is 204 g/mol. The summed E-state index contributed by atoms with van der Waals surface area (Å²) in [5, 5.41) is 0. The maximum absolute atomic E-state index is 5.28. The Kier molecular flexibility index (Phi) is 6.10. The molecule has 1 heterocycles. The standard InChI is InChI=1S/C10H20O4/c1-9(2)5-13-8-12-4-3-11-6-10-7-14-10/h9-10H,3-8H2,1-2H3. The summed E-state index contributed by atoms with van der Waals surface area (Å²) in [6, 6.07) is 0. The summed E-state index contributed by atoms with van der Waals surface area (Å²) in [5.74, 6) is 0.557. The highest BCUT2D eigenvalue weighted by molar-refractivity contribution is 4.66. The van der Waals surface area contributed by atoms with E-state index in [1.165, 1.54) is 0 Å². The van der Waals surface area contributed by atoms with Gasteiger partial charge in [0.05, 0.1) is 33.0 Å². The normalized spacial score (nSPS) is 20.4. The Morgan fingerprint density at radius 1 is 1.21 bits per heavy atom. The molecule has 0 aromatic heterocycles. The fraction of sp³-hybridized carbons (Fsp3) is 1.00. The molecule has 4 heteroatoms. The summed E-state index contributed by atoms with van der Waals surface area (Å²) in [7, 11) is 0. The van der Waals surface area contributed by atoms with E-state index in [1.807, 2.05) is 0 Å². The van der Waals surface area contributed by atoms with Gasteiger partial charge >= 0.3 is 0 Å². The minimum absolute atomic E-state index is 0.340.